The van der Waals surface area contributed by atoms with Gasteiger partial charge in [0.1, 0.15) is 5.75 Å². The van der Waals surface area contributed by atoms with Crippen LogP contribution in [0.1, 0.15) is 30.0 Å². The number of nitrogens with zero attached hydrogens (tertiary/aromatic N) is 3. The van der Waals surface area contributed by atoms with E-state index in [9.17, 15) is 0 Å². The normalized spacial score (nSPS) is 19.4. The summed E-state index contributed by atoms with van der Waals surface area (Å²) in [5.41, 5.74) is 2.67. The van der Waals surface area contributed by atoms with Gasteiger partial charge >= 0.3 is 0 Å². The summed E-state index contributed by atoms with van der Waals surface area (Å²) in [7, 11) is 3.67. The fraction of sp³-hybridized carbons (Fsp3) is 0.438. The summed E-state index contributed by atoms with van der Waals surface area (Å²) in [4.78, 5) is 2.54. The molecule has 0 unspecified atom stereocenters. The number of hydrogen-bond acceptors (Lipinski definition) is 3. The second-order valence-electron chi connectivity index (χ2n) is 5.42. The van der Waals surface area contributed by atoms with Crippen LogP contribution in [0.25, 0.3) is 0 Å². The Labute approximate surface area is 120 Å². The number of hydrogen-bond donors (Lipinski definition) is 0. The highest BCUT2D eigenvalue weighted by Crippen LogP contribution is 2.33. The molecular formula is C16H21N3O. The smallest absolute Gasteiger partial charge is 0.118 e. The molecule has 2 heterocycles. The van der Waals surface area contributed by atoms with Crippen LogP contribution in [0.5, 0.6) is 5.75 Å². The first-order valence-electron chi connectivity index (χ1n) is 7.12. The fourth-order valence-electron chi connectivity index (χ4n) is 3.01. The predicted molar refractivity (Wildman–Crippen MR) is 78.6 cm³/mol. The van der Waals surface area contributed by atoms with Crippen molar-refractivity contribution in [1.29, 1.82) is 0 Å². The van der Waals surface area contributed by atoms with Crippen LogP contribution in [0.3, 0.4) is 0 Å². The molecule has 0 radical (unpaired) electrons. The molecule has 1 atom stereocenters. The molecule has 0 aliphatic carbocycles. The zero-order valence-corrected chi connectivity index (χ0v) is 12.1. The molecule has 1 fully saturated rings. The molecule has 0 spiro atoms. The molecule has 2 aromatic rings. The summed E-state index contributed by atoms with van der Waals surface area (Å²) in [6.07, 6.45) is 6.55. The minimum Gasteiger partial charge on any atom is -0.497 e. The van der Waals surface area contributed by atoms with E-state index in [0.29, 0.717) is 6.04 Å². The molecule has 0 amide bonds. The molecular weight excluding hydrogens is 250 g/mol. The van der Waals surface area contributed by atoms with Crippen molar-refractivity contribution in [2.75, 3.05) is 13.7 Å². The van der Waals surface area contributed by atoms with E-state index in [1.165, 1.54) is 24.0 Å². The van der Waals surface area contributed by atoms with Crippen molar-refractivity contribution in [3.8, 4) is 5.75 Å². The van der Waals surface area contributed by atoms with E-state index in [1.807, 2.05) is 17.9 Å². The second kappa shape index (κ2) is 5.67. The van der Waals surface area contributed by atoms with E-state index in [1.54, 1.807) is 7.11 Å². The van der Waals surface area contributed by atoms with E-state index in [2.05, 4.69) is 40.5 Å². The molecule has 1 saturated heterocycles. The number of rotatable bonds is 4. The van der Waals surface area contributed by atoms with Crippen LogP contribution >= 0.6 is 0 Å². The maximum atomic E-state index is 5.23. The van der Waals surface area contributed by atoms with Crippen molar-refractivity contribution in [2.45, 2.75) is 25.4 Å². The van der Waals surface area contributed by atoms with Gasteiger partial charge < -0.3 is 4.74 Å². The third-order valence-electron chi connectivity index (χ3n) is 4.01. The second-order valence-corrected chi connectivity index (χ2v) is 5.42. The molecule has 0 saturated carbocycles. The maximum Gasteiger partial charge on any atom is 0.118 e. The average Bonchev–Trinajstić information content (AvgIpc) is 3.09. The van der Waals surface area contributed by atoms with E-state index < -0.39 is 0 Å². The summed E-state index contributed by atoms with van der Waals surface area (Å²) in [6, 6.07) is 8.99. The van der Waals surface area contributed by atoms with Crippen molar-refractivity contribution in [3.05, 3.63) is 47.8 Å². The van der Waals surface area contributed by atoms with Gasteiger partial charge in [0.25, 0.3) is 0 Å². The van der Waals surface area contributed by atoms with Gasteiger partial charge in [-0.3, -0.25) is 9.58 Å². The van der Waals surface area contributed by atoms with Gasteiger partial charge in [0.2, 0.25) is 0 Å². The van der Waals surface area contributed by atoms with Crippen molar-refractivity contribution in [1.82, 2.24) is 14.7 Å². The first-order chi connectivity index (χ1) is 9.76. The van der Waals surface area contributed by atoms with Gasteiger partial charge in [-0.25, -0.2) is 0 Å². The topological polar surface area (TPSA) is 30.3 Å². The van der Waals surface area contributed by atoms with Crippen LogP contribution in [0.15, 0.2) is 36.7 Å². The summed E-state index contributed by atoms with van der Waals surface area (Å²) in [6.45, 7) is 2.14. The Bertz CT molecular complexity index is 561. The lowest BCUT2D eigenvalue weighted by molar-refractivity contribution is 0.248. The molecule has 0 bridgehead atoms. The minimum absolute atomic E-state index is 0.515. The molecule has 1 aliphatic heterocycles. The first kappa shape index (κ1) is 13.2. The van der Waals surface area contributed by atoms with Crippen molar-refractivity contribution < 1.29 is 4.74 Å². The van der Waals surface area contributed by atoms with Crippen molar-refractivity contribution in [3.63, 3.8) is 0 Å². The lowest BCUT2D eigenvalue weighted by atomic mass is 10.0. The fourth-order valence-corrected chi connectivity index (χ4v) is 3.01. The zero-order valence-electron chi connectivity index (χ0n) is 12.1. The molecule has 1 aliphatic rings. The molecule has 1 aromatic heterocycles. The van der Waals surface area contributed by atoms with Gasteiger partial charge in [-0.05, 0) is 37.1 Å². The average molecular weight is 271 g/mol. The van der Waals surface area contributed by atoms with E-state index in [4.69, 9.17) is 4.74 Å². The Morgan fingerprint density at radius 3 is 2.75 bits per heavy atom. The van der Waals surface area contributed by atoms with Gasteiger partial charge in [0.15, 0.2) is 0 Å². The maximum absolute atomic E-state index is 5.23. The molecule has 4 heteroatoms. The lowest BCUT2D eigenvalue weighted by Gasteiger charge is -2.24. The Balaban J connectivity index is 1.74. The van der Waals surface area contributed by atoms with Gasteiger partial charge in [-0.1, -0.05) is 12.1 Å². The highest BCUT2D eigenvalue weighted by molar-refractivity contribution is 5.29. The molecule has 106 valence electrons. The molecule has 4 nitrogen and oxygen atoms in total. The third-order valence-corrected chi connectivity index (χ3v) is 4.01. The highest BCUT2D eigenvalue weighted by atomic mass is 16.5. The zero-order chi connectivity index (χ0) is 13.9. The van der Waals surface area contributed by atoms with Crippen LogP contribution in [0, 0.1) is 0 Å². The number of likely N-dealkylation sites (tertiary alicyclic amines) is 1. The highest BCUT2D eigenvalue weighted by Gasteiger charge is 2.26. The van der Waals surface area contributed by atoms with Crippen LogP contribution in [0.2, 0.25) is 0 Å². The standard InChI is InChI=1S/C16H21N3O/c1-18-11-13(10-17-18)12-19-9-3-4-16(19)14-5-7-15(20-2)8-6-14/h5-8,10-11,16H,3-4,9,12H2,1-2H3/t16-/m1/s1. The Kier molecular flexibility index (Phi) is 3.74. The lowest BCUT2D eigenvalue weighted by Crippen LogP contribution is -2.22. The molecule has 3 rings (SSSR count). The number of benzene rings is 1. The van der Waals surface area contributed by atoms with Crippen LogP contribution in [-0.2, 0) is 13.6 Å². The van der Waals surface area contributed by atoms with E-state index >= 15 is 0 Å². The van der Waals surface area contributed by atoms with Crippen LogP contribution in [0.4, 0.5) is 0 Å². The molecule has 0 N–H and O–H groups in total. The monoisotopic (exact) mass is 271 g/mol. The number of aryl methyl sites for hydroxylation is 1. The summed E-state index contributed by atoms with van der Waals surface area (Å²) in [5.74, 6) is 0.922. The largest absolute Gasteiger partial charge is 0.497 e. The molecule has 20 heavy (non-hydrogen) atoms. The Hall–Kier alpha value is -1.81. The van der Waals surface area contributed by atoms with E-state index in [0.717, 1.165) is 18.8 Å². The van der Waals surface area contributed by atoms with E-state index in [-0.39, 0.29) is 0 Å². The van der Waals surface area contributed by atoms with Crippen molar-refractivity contribution in [2.24, 2.45) is 7.05 Å². The van der Waals surface area contributed by atoms with Crippen LogP contribution < -0.4 is 4.74 Å². The predicted octanol–water partition coefficient (Wildman–Crippen LogP) is 2.77. The molecule has 1 aromatic carbocycles. The number of aromatic nitrogens is 2. The first-order valence-corrected chi connectivity index (χ1v) is 7.12. The quantitative estimate of drug-likeness (QED) is 0.856. The summed E-state index contributed by atoms with van der Waals surface area (Å²) < 4.78 is 7.10. The minimum atomic E-state index is 0.515. The Morgan fingerprint density at radius 2 is 2.10 bits per heavy atom. The summed E-state index contributed by atoms with van der Waals surface area (Å²) in [5, 5.41) is 4.25. The van der Waals surface area contributed by atoms with Gasteiger partial charge in [0.05, 0.1) is 13.3 Å². The summed E-state index contributed by atoms with van der Waals surface area (Å²) >= 11 is 0. The number of methoxy groups -OCH3 is 1. The Morgan fingerprint density at radius 1 is 1.30 bits per heavy atom. The van der Waals surface area contributed by atoms with Gasteiger partial charge in [-0.15, -0.1) is 0 Å². The van der Waals surface area contributed by atoms with Gasteiger partial charge in [0, 0.05) is 31.4 Å². The SMILES string of the molecule is COc1ccc([C@H]2CCCN2Cc2cnn(C)c2)cc1. The van der Waals surface area contributed by atoms with Crippen LogP contribution in [-0.4, -0.2) is 28.3 Å². The van der Waals surface area contributed by atoms with Gasteiger partial charge in [-0.2, -0.15) is 5.10 Å². The third kappa shape index (κ3) is 2.70. The number of ether oxygens (including phenoxy) is 1. The van der Waals surface area contributed by atoms with Crippen molar-refractivity contribution >= 4 is 0 Å².